The van der Waals surface area contributed by atoms with E-state index < -0.39 is 0 Å². The van der Waals surface area contributed by atoms with Gasteiger partial charge in [0.1, 0.15) is 0 Å². The summed E-state index contributed by atoms with van der Waals surface area (Å²) in [4.78, 5) is 5.00. The minimum atomic E-state index is 0.790. The summed E-state index contributed by atoms with van der Waals surface area (Å²) < 4.78 is 0. The molecular weight excluding hydrogens is 210 g/mol. The Balaban J connectivity index is 1.51. The molecule has 17 heavy (non-hydrogen) atoms. The summed E-state index contributed by atoms with van der Waals surface area (Å²) in [5.41, 5.74) is 0. The van der Waals surface area contributed by atoms with Gasteiger partial charge in [-0.05, 0) is 59.4 Å². The average molecular weight is 239 g/mol. The van der Waals surface area contributed by atoms with E-state index in [9.17, 15) is 0 Å². The predicted molar refractivity (Wildman–Crippen MR) is 73.4 cm³/mol. The van der Waals surface area contributed by atoms with Crippen LogP contribution in [0.4, 0.5) is 0 Å². The highest BCUT2D eigenvalue weighted by Crippen LogP contribution is 2.17. The average Bonchev–Trinajstić information content (AvgIpc) is 2.96. The number of likely N-dealkylation sites (tertiary alicyclic amines) is 1. The molecule has 0 aromatic carbocycles. The van der Waals surface area contributed by atoms with Crippen molar-refractivity contribution in [3.05, 3.63) is 0 Å². The van der Waals surface area contributed by atoms with E-state index >= 15 is 0 Å². The molecule has 2 rings (SSSR count). The fourth-order valence-corrected chi connectivity index (χ4v) is 3.18. The van der Waals surface area contributed by atoms with Crippen LogP contribution in [0.5, 0.6) is 0 Å². The zero-order valence-electron chi connectivity index (χ0n) is 11.6. The lowest BCUT2D eigenvalue weighted by Gasteiger charge is -2.20. The van der Waals surface area contributed by atoms with Crippen LogP contribution in [-0.2, 0) is 0 Å². The lowest BCUT2D eigenvalue weighted by atomic mass is 10.2. The molecule has 0 bridgehead atoms. The zero-order chi connectivity index (χ0) is 12.1. The van der Waals surface area contributed by atoms with Crippen molar-refractivity contribution in [1.82, 2.24) is 15.1 Å². The molecule has 1 saturated heterocycles. The van der Waals surface area contributed by atoms with Gasteiger partial charge in [-0.1, -0.05) is 12.8 Å². The molecule has 1 N–H and O–H groups in total. The van der Waals surface area contributed by atoms with Gasteiger partial charge in [0.25, 0.3) is 0 Å². The van der Waals surface area contributed by atoms with Crippen LogP contribution in [0.3, 0.4) is 0 Å². The van der Waals surface area contributed by atoms with Crippen molar-refractivity contribution in [3.8, 4) is 0 Å². The van der Waals surface area contributed by atoms with Crippen LogP contribution < -0.4 is 5.32 Å². The zero-order valence-corrected chi connectivity index (χ0v) is 11.6. The van der Waals surface area contributed by atoms with Gasteiger partial charge in [0.05, 0.1) is 0 Å². The van der Waals surface area contributed by atoms with E-state index in [0.29, 0.717) is 0 Å². The quantitative estimate of drug-likeness (QED) is 0.710. The lowest BCUT2D eigenvalue weighted by Crippen LogP contribution is -2.33. The molecule has 100 valence electrons. The van der Waals surface area contributed by atoms with E-state index in [1.165, 1.54) is 64.7 Å². The Bertz CT molecular complexity index is 212. The topological polar surface area (TPSA) is 18.5 Å². The van der Waals surface area contributed by atoms with Crippen molar-refractivity contribution in [2.75, 3.05) is 40.3 Å². The molecule has 1 aliphatic carbocycles. The van der Waals surface area contributed by atoms with Crippen LogP contribution in [0.1, 0.15) is 38.5 Å². The van der Waals surface area contributed by atoms with E-state index in [-0.39, 0.29) is 0 Å². The predicted octanol–water partition coefficient (Wildman–Crippen LogP) is 1.54. The first-order chi connectivity index (χ1) is 8.25. The Kier molecular flexibility index (Phi) is 5.26. The van der Waals surface area contributed by atoms with Gasteiger partial charge >= 0.3 is 0 Å². The van der Waals surface area contributed by atoms with Crippen molar-refractivity contribution in [2.45, 2.75) is 50.6 Å². The van der Waals surface area contributed by atoms with Crippen molar-refractivity contribution >= 4 is 0 Å². The third-order valence-corrected chi connectivity index (χ3v) is 4.42. The third kappa shape index (κ3) is 4.23. The maximum absolute atomic E-state index is 3.70. The van der Waals surface area contributed by atoms with Crippen LogP contribution in [0.2, 0.25) is 0 Å². The maximum atomic E-state index is 3.70. The molecule has 0 aromatic heterocycles. The molecule has 2 fully saturated rings. The molecule has 0 aromatic rings. The van der Waals surface area contributed by atoms with Gasteiger partial charge < -0.3 is 15.1 Å². The molecule has 1 atom stereocenters. The number of rotatable bonds is 6. The molecule has 0 amide bonds. The molecule has 3 heteroatoms. The van der Waals surface area contributed by atoms with Crippen molar-refractivity contribution in [1.29, 1.82) is 0 Å². The van der Waals surface area contributed by atoms with E-state index in [2.05, 4.69) is 29.2 Å². The van der Waals surface area contributed by atoms with E-state index in [1.807, 2.05) is 0 Å². The van der Waals surface area contributed by atoms with Crippen molar-refractivity contribution in [2.24, 2.45) is 0 Å². The molecule has 1 aliphatic heterocycles. The second kappa shape index (κ2) is 6.72. The molecule has 1 unspecified atom stereocenters. The van der Waals surface area contributed by atoms with Crippen LogP contribution in [0.25, 0.3) is 0 Å². The Labute approximate surface area is 107 Å². The van der Waals surface area contributed by atoms with Gasteiger partial charge in [0.15, 0.2) is 0 Å². The number of nitrogens with one attached hydrogen (secondary N) is 1. The lowest BCUT2D eigenvalue weighted by molar-refractivity contribution is 0.265. The highest BCUT2D eigenvalue weighted by molar-refractivity contribution is 4.81. The van der Waals surface area contributed by atoms with Crippen LogP contribution >= 0.6 is 0 Å². The molecule has 2 aliphatic rings. The van der Waals surface area contributed by atoms with Gasteiger partial charge in [-0.2, -0.15) is 0 Å². The maximum Gasteiger partial charge on any atom is 0.0229 e. The minimum Gasteiger partial charge on any atom is -0.314 e. The second-order valence-electron chi connectivity index (χ2n) is 6.00. The summed E-state index contributed by atoms with van der Waals surface area (Å²) in [6, 6.07) is 1.63. The van der Waals surface area contributed by atoms with Gasteiger partial charge in [-0.3, -0.25) is 0 Å². The minimum absolute atomic E-state index is 0.790. The monoisotopic (exact) mass is 239 g/mol. The van der Waals surface area contributed by atoms with E-state index in [4.69, 9.17) is 0 Å². The van der Waals surface area contributed by atoms with Crippen LogP contribution in [-0.4, -0.2) is 62.2 Å². The first kappa shape index (κ1) is 13.3. The van der Waals surface area contributed by atoms with Gasteiger partial charge in [-0.25, -0.2) is 0 Å². The van der Waals surface area contributed by atoms with E-state index in [0.717, 1.165) is 12.1 Å². The second-order valence-corrected chi connectivity index (χ2v) is 6.00. The molecular formula is C14H29N3. The highest BCUT2D eigenvalue weighted by Gasteiger charge is 2.23. The Morgan fingerprint density at radius 2 is 1.94 bits per heavy atom. The fraction of sp³-hybridized carbons (Fsp3) is 1.00. The highest BCUT2D eigenvalue weighted by atomic mass is 15.2. The number of hydrogen-bond donors (Lipinski definition) is 1. The van der Waals surface area contributed by atoms with Gasteiger partial charge in [0.2, 0.25) is 0 Å². The summed E-state index contributed by atoms with van der Waals surface area (Å²) in [5.74, 6) is 0. The van der Waals surface area contributed by atoms with Gasteiger partial charge in [-0.15, -0.1) is 0 Å². The first-order valence-corrected chi connectivity index (χ1v) is 7.38. The van der Waals surface area contributed by atoms with Gasteiger partial charge in [0, 0.05) is 18.6 Å². The van der Waals surface area contributed by atoms with E-state index in [1.54, 1.807) is 0 Å². The third-order valence-electron chi connectivity index (χ3n) is 4.42. The molecule has 3 nitrogen and oxygen atoms in total. The molecule has 1 saturated carbocycles. The smallest absolute Gasteiger partial charge is 0.0229 e. The standard InChI is InChI=1S/C14H29N3/c1-16(2)14-8-11-17(12-14)10-5-9-15-13-6-3-4-7-13/h13-15H,3-12H2,1-2H3. The number of likely N-dealkylation sites (N-methyl/N-ethyl adjacent to an activating group) is 1. The normalized spacial score (nSPS) is 27.4. The Hall–Kier alpha value is -0.120. The van der Waals surface area contributed by atoms with Crippen molar-refractivity contribution in [3.63, 3.8) is 0 Å². The SMILES string of the molecule is CN(C)C1CCN(CCCNC2CCCC2)C1. The summed E-state index contributed by atoms with van der Waals surface area (Å²) >= 11 is 0. The molecule has 0 radical (unpaired) electrons. The number of nitrogens with zero attached hydrogens (tertiary/aromatic N) is 2. The number of hydrogen-bond acceptors (Lipinski definition) is 3. The van der Waals surface area contributed by atoms with Crippen LogP contribution in [0, 0.1) is 0 Å². The van der Waals surface area contributed by atoms with Crippen molar-refractivity contribution < 1.29 is 0 Å². The molecule has 1 heterocycles. The summed E-state index contributed by atoms with van der Waals surface area (Å²) in [6.07, 6.45) is 8.36. The Morgan fingerprint density at radius 1 is 1.18 bits per heavy atom. The van der Waals surface area contributed by atoms with Crippen LogP contribution in [0.15, 0.2) is 0 Å². The largest absolute Gasteiger partial charge is 0.314 e. The summed E-state index contributed by atoms with van der Waals surface area (Å²) in [5, 5.41) is 3.70. The Morgan fingerprint density at radius 3 is 2.59 bits per heavy atom. The first-order valence-electron chi connectivity index (χ1n) is 7.38. The molecule has 0 spiro atoms. The summed E-state index contributed by atoms with van der Waals surface area (Å²) in [6.45, 7) is 5.07. The summed E-state index contributed by atoms with van der Waals surface area (Å²) in [7, 11) is 4.41. The fourth-order valence-electron chi connectivity index (χ4n) is 3.18.